The number of aromatic nitrogens is 2. The van der Waals surface area contributed by atoms with Crippen molar-refractivity contribution in [2.45, 2.75) is 56.9 Å². The Morgan fingerprint density at radius 3 is 2.81 bits per heavy atom. The number of hydrogen-bond donors (Lipinski definition) is 1. The number of hydrogen-bond acceptors (Lipinski definition) is 2. The van der Waals surface area contributed by atoms with Crippen LogP contribution < -0.4 is 0 Å². The molecule has 1 aromatic rings. The van der Waals surface area contributed by atoms with Crippen LogP contribution in [0.2, 0.25) is 0 Å². The minimum atomic E-state index is 0.251. The molecule has 3 nitrogen and oxygen atoms in total. The van der Waals surface area contributed by atoms with E-state index in [4.69, 9.17) is 4.98 Å². The summed E-state index contributed by atoms with van der Waals surface area (Å²) in [6, 6.07) is 0. The van der Waals surface area contributed by atoms with Crippen molar-refractivity contribution in [1.29, 1.82) is 0 Å². The van der Waals surface area contributed by atoms with E-state index in [0.29, 0.717) is 5.92 Å². The molecular formula is C13H20N2O. The standard InChI is InChI=1S/C13H20N2O/c16-9-11-6-3-7-15-8-12(14-13(11)15)10-4-1-2-5-10/h8,10-11,16H,1-7,9H2. The molecule has 1 unspecified atom stereocenters. The third-order valence-corrected chi connectivity index (χ3v) is 4.14. The lowest BCUT2D eigenvalue weighted by Gasteiger charge is -2.21. The normalized spacial score (nSPS) is 25.9. The first-order chi connectivity index (χ1) is 7.88. The molecule has 1 fully saturated rings. The topological polar surface area (TPSA) is 38.0 Å². The predicted octanol–water partition coefficient (Wildman–Crippen LogP) is 2.41. The molecule has 2 aliphatic rings. The highest BCUT2D eigenvalue weighted by molar-refractivity contribution is 5.15. The second kappa shape index (κ2) is 4.21. The molecule has 88 valence electrons. The van der Waals surface area contributed by atoms with Crippen molar-refractivity contribution >= 4 is 0 Å². The summed E-state index contributed by atoms with van der Waals surface area (Å²) in [6.07, 6.45) is 9.84. The second-order valence-electron chi connectivity index (χ2n) is 5.22. The van der Waals surface area contributed by atoms with E-state index in [0.717, 1.165) is 18.8 Å². The van der Waals surface area contributed by atoms with Gasteiger partial charge in [0.05, 0.1) is 12.3 Å². The highest BCUT2D eigenvalue weighted by Gasteiger charge is 2.26. The molecule has 1 saturated carbocycles. The van der Waals surface area contributed by atoms with Crippen LogP contribution in [0.1, 0.15) is 61.9 Å². The van der Waals surface area contributed by atoms with Gasteiger partial charge in [0, 0.05) is 24.6 Å². The van der Waals surface area contributed by atoms with Crippen LogP contribution in [0.5, 0.6) is 0 Å². The maximum atomic E-state index is 9.36. The number of rotatable bonds is 2. The SMILES string of the molecule is OCC1CCCn2cc(C3CCCC3)nc21. The average Bonchev–Trinajstić information content (AvgIpc) is 2.96. The van der Waals surface area contributed by atoms with E-state index in [1.165, 1.54) is 37.8 Å². The van der Waals surface area contributed by atoms with Crippen LogP contribution in [0.15, 0.2) is 6.20 Å². The smallest absolute Gasteiger partial charge is 0.114 e. The zero-order valence-corrected chi connectivity index (χ0v) is 9.73. The summed E-state index contributed by atoms with van der Waals surface area (Å²) in [5.74, 6) is 2.11. The van der Waals surface area contributed by atoms with Crippen molar-refractivity contribution in [3.8, 4) is 0 Å². The zero-order valence-electron chi connectivity index (χ0n) is 9.73. The highest BCUT2D eigenvalue weighted by atomic mass is 16.3. The molecule has 0 bridgehead atoms. The van der Waals surface area contributed by atoms with E-state index in [1.807, 2.05) is 0 Å². The van der Waals surface area contributed by atoms with E-state index in [-0.39, 0.29) is 12.5 Å². The molecule has 1 atom stereocenters. The van der Waals surface area contributed by atoms with Crippen LogP contribution in [0.3, 0.4) is 0 Å². The Balaban J connectivity index is 1.89. The third kappa shape index (κ3) is 1.67. The molecule has 1 aromatic heterocycles. The van der Waals surface area contributed by atoms with Gasteiger partial charge in [-0.05, 0) is 25.7 Å². The van der Waals surface area contributed by atoms with Crippen molar-refractivity contribution in [2.75, 3.05) is 6.61 Å². The van der Waals surface area contributed by atoms with Gasteiger partial charge in [0.25, 0.3) is 0 Å². The highest BCUT2D eigenvalue weighted by Crippen LogP contribution is 2.35. The van der Waals surface area contributed by atoms with E-state index in [1.54, 1.807) is 0 Å². The van der Waals surface area contributed by atoms with Crippen LogP contribution in [-0.2, 0) is 6.54 Å². The van der Waals surface area contributed by atoms with Gasteiger partial charge in [0.15, 0.2) is 0 Å². The van der Waals surface area contributed by atoms with Crippen molar-refractivity contribution in [1.82, 2.24) is 9.55 Å². The van der Waals surface area contributed by atoms with Crippen molar-refractivity contribution in [3.63, 3.8) is 0 Å². The summed E-state index contributed by atoms with van der Waals surface area (Å²) in [7, 11) is 0. The molecule has 3 heteroatoms. The summed E-state index contributed by atoms with van der Waals surface area (Å²) < 4.78 is 2.28. The van der Waals surface area contributed by atoms with Gasteiger partial charge in [-0.3, -0.25) is 0 Å². The Morgan fingerprint density at radius 1 is 1.25 bits per heavy atom. The number of nitrogens with zero attached hydrogens (tertiary/aromatic N) is 2. The molecule has 3 rings (SSSR count). The first-order valence-electron chi connectivity index (χ1n) is 6.56. The quantitative estimate of drug-likeness (QED) is 0.831. The molecule has 0 spiro atoms. The number of aliphatic hydroxyl groups excluding tert-OH is 1. The number of fused-ring (bicyclic) bond motifs is 1. The maximum absolute atomic E-state index is 9.36. The molecule has 0 saturated heterocycles. The van der Waals surface area contributed by atoms with E-state index in [9.17, 15) is 5.11 Å². The third-order valence-electron chi connectivity index (χ3n) is 4.14. The van der Waals surface area contributed by atoms with Gasteiger partial charge in [-0.1, -0.05) is 12.8 Å². The molecule has 0 amide bonds. The first kappa shape index (κ1) is 10.3. The van der Waals surface area contributed by atoms with E-state index in [2.05, 4.69) is 10.8 Å². The van der Waals surface area contributed by atoms with Gasteiger partial charge < -0.3 is 9.67 Å². The van der Waals surface area contributed by atoms with Gasteiger partial charge in [-0.15, -0.1) is 0 Å². The molecule has 1 aliphatic carbocycles. The summed E-state index contributed by atoms with van der Waals surface area (Å²) in [5, 5.41) is 9.36. The van der Waals surface area contributed by atoms with E-state index < -0.39 is 0 Å². The molecule has 16 heavy (non-hydrogen) atoms. The fourth-order valence-corrected chi connectivity index (χ4v) is 3.18. The van der Waals surface area contributed by atoms with Gasteiger partial charge in [-0.2, -0.15) is 0 Å². The number of aryl methyl sites for hydroxylation is 1. The van der Waals surface area contributed by atoms with E-state index >= 15 is 0 Å². The Labute approximate surface area is 96.5 Å². The summed E-state index contributed by atoms with van der Waals surface area (Å²) in [6.45, 7) is 1.34. The second-order valence-corrected chi connectivity index (χ2v) is 5.22. The molecule has 2 heterocycles. The molecule has 0 radical (unpaired) electrons. The lowest BCUT2D eigenvalue weighted by molar-refractivity contribution is 0.238. The maximum Gasteiger partial charge on any atom is 0.114 e. The minimum Gasteiger partial charge on any atom is -0.396 e. The molecule has 1 aliphatic heterocycles. The monoisotopic (exact) mass is 220 g/mol. The molecule has 0 aromatic carbocycles. The molecular weight excluding hydrogens is 200 g/mol. The number of imidazole rings is 1. The van der Waals surface area contributed by atoms with Gasteiger partial charge >= 0.3 is 0 Å². The van der Waals surface area contributed by atoms with Crippen LogP contribution in [0.25, 0.3) is 0 Å². The van der Waals surface area contributed by atoms with Crippen molar-refractivity contribution < 1.29 is 5.11 Å². The van der Waals surface area contributed by atoms with Crippen molar-refractivity contribution in [3.05, 3.63) is 17.7 Å². The zero-order chi connectivity index (χ0) is 11.0. The fourth-order valence-electron chi connectivity index (χ4n) is 3.18. The largest absolute Gasteiger partial charge is 0.396 e. The lowest BCUT2D eigenvalue weighted by atomic mass is 10.0. The van der Waals surface area contributed by atoms with Crippen LogP contribution in [0.4, 0.5) is 0 Å². The summed E-state index contributed by atoms with van der Waals surface area (Å²) in [4.78, 5) is 4.79. The lowest BCUT2D eigenvalue weighted by Crippen LogP contribution is -2.18. The molecule has 1 N–H and O–H groups in total. The van der Waals surface area contributed by atoms with Gasteiger partial charge in [0.1, 0.15) is 5.82 Å². The first-order valence-corrected chi connectivity index (χ1v) is 6.56. The Bertz CT molecular complexity index is 366. The predicted molar refractivity (Wildman–Crippen MR) is 62.5 cm³/mol. The average molecular weight is 220 g/mol. The fraction of sp³-hybridized carbons (Fsp3) is 0.769. The Kier molecular flexibility index (Phi) is 2.72. The number of aliphatic hydroxyl groups is 1. The van der Waals surface area contributed by atoms with Gasteiger partial charge in [-0.25, -0.2) is 4.98 Å². The minimum absolute atomic E-state index is 0.251. The van der Waals surface area contributed by atoms with Crippen LogP contribution >= 0.6 is 0 Å². The van der Waals surface area contributed by atoms with Crippen molar-refractivity contribution in [2.24, 2.45) is 0 Å². The Hall–Kier alpha value is -0.830. The Morgan fingerprint density at radius 2 is 2.06 bits per heavy atom. The summed E-state index contributed by atoms with van der Waals surface area (Å²) in [5.41, 5.74) is 1.29. The van der Waals surface area contributed by atoms with Crippen LogP contribution in [-0.4, -0.2) is 21.3 Å². The summed E-state index contributed by atoms with van der Waals surface area (Å²) >= 11 is 0. The van der Waals surface area contributed by atoms with Gasteiger partial charge in [0.2, 0.25) is 0 Å². The van der Waals surface area contributed by atoms with Crippen LogP contribution in [0, 0.1) is 0 Å².